The molecule has 0 aromatic heterocycles. The van der Waals surface area contributed by atoms with Crippen molar-refractivity contribution in [1.29, 1.82) is 0 Å². The van der Waals surface area contributed by atoms with E-state index in [1.165, 1.54) is 6.07 Å². The van der Waals surface area contributed by atoms with Crippen LogP contribution in [0.4, 0.5) is 10.1 Å². The van der Waals surface area contributed by atoms with E-state index in [9.17, 15) is 4.39 Å². The molecule has 1 aromatic rings. The van der Waals surface area contributed by atoms with Crippen LogP contribution in [0, 0.1) is 5.82 Å². The SMILES string of the molecule is CC(C)Oc1c(F)cccc1N=C(N)CCl. The molecular formula is C11H14ClFN2O. The van der Waals surface area contributed by atoms with E-state index in [1.807, 2.05) is 13.8 Å². The van der Waals surface area contributed by atoms with Crippen molar-refractivity contribution in [1.82, 2.24) is 0 Å². The van der Waals surface area contributed by atoms with E-state index in [-0.39, 0.29) is 23.6 Å². The second-order valence-corrected chi connectivity index (χ2v) is 3.76. The lowest BCUT2D eigenvalue weighted by molar-refractivity contribution is 0.232. The number of alkyl halides is 1. The summed E-state index contributed by atoms with van der Waals surface area (Å²) < 4.78 is 18.8. The summed E-state index contributed by atoms with van der Waals surface area (Å²) in [6.07, 6.45) is -0.136. The summed E-state index contributed by atoms with van der Waals surface area (Å²) in [6, 6.07) is 4.48. The van der Waals surface area contributed by atoms with Crippen molar-refractivity contribution in [3.05, 3.63) is 24.0 Å². The first-order valence-corrected chi connectivity index (χ1v) is 5.42. The maximum atomic E-state index is 13.5. The van der Waals surface area contributed by atoms with Crippen LogP contribution in [0.5, 0.6) is 5.75 Å². The Morgan fingerprint density at radius 2 is 2.25 bits per heavy atom. The summed E-state index contributed by atoms with van der Waals surface area (Å²) in [7, 11) is 0. The average molecular weight is 245 g/mol. The first-order valence-electron chi connectivity index (χ1n) is 4.88. The zero-order valence-corrected chi connectivity index (χ0v) is 9.96. The molecule has 1 rings (SSSR count). The van der Waals surface area contributed by atoms with Gasteiger partial charge in [-0.1, -0.05) is 6.07 Å². The average Bonchev–Trinajstić information content (AvgIpc) is 2.22. The van der Waals surface area contributed by atoms with Gasteiger partial charge in [0.2, 0.25) is 0 Å². The van der Waals surface area contributed by atoms with E-state index < -0.39 is 5.82 Å². The number of hydrogen-bond donors (Lipinski definition) is 1. The second kappa shape index (κ2) is 5.70. The molecule has 0 amide bonds. The molecule has 1 aromatic carbocycles. The van der Waals surface area contributed by atoms with Crippen LogP contribution in [0.25, 0.3) is 0 Å². The van der Waals surface area contributed by atoms with Crippen molar-refractivity contribution in [2.45, 2.75) is 20.0 Å². The Morgan fingerprint density at radius 1 is 1.56 bits per heavy atom. The summed E-state index contributed by atoms with van der Waals surface area (Å²) in [5.41, 5.74) is 5.85. The van der Waals surface area contributed by atoms with Gasteiger partial charge in [0.25, 0.3) is 0 Å². The molecule has 16 heavy (non-hydrogen) atoms. The van der Waals surface area contributed by atoms with Crippen molar-refractivity contribution < 1.29 is 9.13 Å². The van der Waals surface area contributed by atoms with Crippen LogP contribution in [0.15, 0.2) is 23.2 Å². The van der Waals surface area contributed by atoms with Gasteiger partial charge in [0, 0.05) is 0 Å². The lowest BCUT2D eigenvalue weighted by Gasteiger charge is -2.12. The molecule has 3 nitrogen and oxygen atoms in total. The highest BCUT2D eigenvalue weighted by Gasteiger charge is 2.11. The van der Waals surface area contributed by atoms with Crippen LogP contribution in [0.2, 0.25) is 0 Å². The Bertz CT molecular complexity index is 394. The van der Waals surface area contributed by atoms with Gasteiger partial charge in [-0.25, -0.2) is 9.38 Å². The van der Waals surface area contributed by atoms with E-state index >= 15 is 0 Å². The van der Waals surface area contributed by atoms with Crippen molar-refractivity contribution in [3.8, 4) is 5.75 Å². The van der Waals surface area contributed by atoms with E-state index in [0.717, 1.165) is 0 Å². The van der Waals surface area contributed by atoms with Crippen LogP contribution >= 0.6 is 11.6 Å². The number of aliphatic imine (C=N–C) groups is 1. The molecule has 0 saturated heterocycles. The number of nitrogens with two attached hydrogens (primary N) is 1. The highest BCUT2D eigenvalue weighted by Crippen LogP contribution is 2.31. The molecule has 0 aliphatic heterocycles. The summed E-state index contributed by atoms with van der Waals surface area (Å²) in [4.78, 5) is 3.99. The molecule has 0 heterocycles. The third-order valence-electron chi connectivity index (χ3n) is 1.70. The number of amidine groups is 1. The Hall–Kier alpha value is -1.29. The van der Waals surface area contributed by atoms with Gasteiger partial charge in [0.15, 0.2) is 11.6 Å². The topological polar surface area (TPSA) is 47.6 Å². The lowest BCUT2D eigenvalue weighted by atomic mass is 10.3. The minimum atomic E-state index is -0.461. The van der Waals surface area contributed by atoms with Crippen molar-refractivity contribution >= 4 is 23.1 Å². The Kier molecular flexibility index (Phi) is 4.55. The monoisotopic (exact) mass is 244 g/mol. The highest BCUT2D eigenvalue weighted by molar-refractivity contribution is 6.28. The fraction of sp³-hybridized carbons (Fsp3) is 0.364. The molecule has 0 bridgehead atoms. The van der Waals surface area contributed by atoms with Gasteiger partial charge in [-0.15, -0.1) is 11.6 Å². The molecule has 2 N–H and O–H groups in total. The quantitative estimate of drug-likeness (QED) is 0.503. The fourth-order valence-electron chi connectivity index (χ4n) is 1.12. The van der Waals surface area contributed by atoms with Crippen LogP contribution in [0.3, 0.4) is 0 Å². The number of halogens is 2. The normalized spacial score (nSPS) is 11.9. The van der Waals surface area contributed by atoms with Crippen LogP contribution in [0.1, 0.15) is 13.8 Å². The second-order valence-electron chi connectivity index (χ2n) is 3.49. The Labute approximate surface area is 99.1 Å². The summed E-state index contributed by atoms with van der Waals surface area (Å²) in [5.74, 6) is -0.0405. The number of rotatable bonds is 4. The van der Waals surface area contributed by atoms with Gasteiger partial charge in [0.05, 0.1) is 12.0 Å². The van der Waals surface area contributed by atoms with Gasteiger partial charge in [0.1, 0.15) is 11.5 Å². The first-order chi connectivity index (χ1) is 7.54. The molecule has 5 heteroatoms. The van der Waals surface area contributed by atoms with Gasteiger partial charge >= 0.3 is 0 Å². The van der Waals surface area contributed by atoms with Crippen LogP contribution in [-0.4, -0.2) is 17.8 Å². The number of nitrogens with zero attached hydrogens (tertiary/aromatic N) is 1. The van der Waals surface area contributed by atoms with E-state index in [0.29, 0.717) is 5.69 Å². The van der Waals surface area contributed by atoms with Gasteiger partial charge in [-0.3, -0.25) is 0 Å². The maximum Gasteiger partial charge on any atom is 0.180 e. The summed E-state index contributed by atoms with van der Waals surface area (Å²) in [5, 5.41) is 0. The predicted molar refractivity (Wildman–Crippen MR) is 64.2 cm³/mol. The van der Waals surface area contributed by atoms with Gasteiger partial charge in [-0.05, 0) is 26.0 Å². The van der Waals surface area contributed by atoms with Crippen molar-refractivity contribution in [2.75, 3.05) is 5.88 Å². The largest absolute Gasteiger partial charge is 0.486 e. The molecule has 0 aliphatic rings. The first kappa shape index (κ1) is 12.8. The fourth-order valence-corrected chi connectivity index (χ4v) is 1.18. The van der Waals surface area contributed by atoms with Gasteiger partial charge in [-0.2, -0.15) is 0 Å². The maximum absolute atomic E-state index is 13.5. The van der Waals surface area contributed by atoms with E-state index in [2.05, 4.69) is 4.99 Å². The minimum Gasteiger partial charge on any atom is -0.486 e. The van der Waals surface area contributed by atoms with Crippen LogP contribution < -0.4 is 10.5 Å². The number of ether oxygens (including phenoxy) is 1. The Morgan fingerprint density at radius 3 is 2.81 bits per heavy atom. The molecule has 0 aliphatic carbocycles. The van der Waals surface area contributed by atoms with Crippen molar-refractivity contribution in [2.24, 2.45) is 10.7 Å². The van der Waals surface area contributed by atoms with Gasteiger partial charge < -0.3 is 10.5 Å². The zero-order valence-electron chi connectivity index (χ0n) is 9.21. The number of hydrogen-bond acceptors (Lipinski definition) is 2. The molecule has 0 unspecified atom stereocenters. The summed E-state index contributed by atoms with van der Waals surface area (Å²) in [6.45, 7) is 3.62. The van der Waals surface area contributed by atoms with E-state index in [4.69, 9.17) is 22.1 Å². The number of benzene rings is 1. The highest BCUT2D eigenvalue weighted by atomic mass is 35.5. The molecule has 0 spiro atoms. The third kappa shape index (κ3) is 3.38. The standard InChI is InChI=1S/C11H14ClFN2O/c1-7(2)16-11-8(13)4-3-5-9(11)15-10(14)6-12/h3-5,7H,6H2,1-2H3,(H2,14,15). The molecular weight excluding hydrogens is 231 g/mol. The zero-order chi connectivity index (χ0) is 12.1. The summed E-state index contributed by atoms with van der Waals surface area (Å²) >= 11 is 5.51. The third-order valence-corrected chi connectivity index (χ3v) is 1.97. The predicted octanol–water partition coefficient (Wildman–Crippen LogP) is 2.84. The molecule has 0 fully saturated rings. The van der Waals surface area contributed by atoms with Crippen molar-refractivity contribution in [3.63, 3.8) is 0 Å². The molecule has 0 radical (unpaired) electrons. The molecule has 88 valence electrons. The number of para-hydroxylation sites is 1. The van der Waals surface area contributed by atoms with Crippen LogP contribution in [-0.2, 0) is 0 Å². The molecule has 0 atom stereocenters. The lowest BCUT2D eigenvalue weighted by Crippen LogP contribution is -2.13. The Balaban J connectivity index is 3.12. The minimum absolute atomic E-state index is 0.0949. The molecule has 0 saturated carbocycles. The smallest absolute Gasteiger partial charge is 0.180 e. The van der Waals surface area contributed by atoms with E-state index in [1.54, 1.807) is 12.1 Å².